The zero-order chi connectivity index (χ0) is 15.1. The number of nitrogens with zero attached hydrogens (tertiary/aromatic N) is 1. The molecule has 3 heteroatoms. The average Bonchev–Trinajstić information content (AvgIpc) is 2.58. The van der Waals surface area contributed by atoms with Crippen LogP contribution in [0.5, 0.6) is 0 Å². The smallest absolute Gasteiger partial charge is 0.258 e. The SMILES string of the molecule is O=C1CC[C@@H]2C[C@H]1c1ccccc1N2C(=O)c1ccccc1. The first-order valence-electron chi connectivity index (χ1n) is 7.76. The number of amides is 1. The highest BCUT2D eigenvalue weighted by molar-refractivity contribution is 6.08. The van der Waals surface area contributed by atoms with Crippen molar-refractivity contribution in [2.45, 2.75) is 31.2 Å². The lowest BCUT2D eigenvalue weighted by atomic mass is 9.75. The number of anilines is 1. The van der Waals surface area contributed by atoms with Gasteiger partial charge >= 0.3 is 0 Å². The zero-order valence-electron chi connectivity index (χ0n) is 12.2. The summed E-state index contributed by atoms with van der Waals surface area (Å²) < 4.78 is 0. The topological polar surface area (TPSA) is 37.4 Å². The molecule has 1 saturated carbocycles. The van der Waals surface area contributed by atoms with Gasteiger partial charge < -0.3 is 4.90 Å². The zero-order valence-corrected chi connectivity index (χ0v) is 12.2. The fourth-order valence-electron chi connectivity index (χ4n) is 3.73. The molecule has 0 saturated heterocycles. The van der Waals surface area contributed by atoms with Crippen LogP contribution in [0.25, 0.3) is 0 Å². The van der Waals surface area contributed by atoms with Gasteiger partial charge in [-0.25, -0.2) is 0 Å². The van der Waals surface area contributed by atoms with Crippen molar-refractivity contribution in [2.24, 2.45) is 0 Å². The molecule has 2 atom stereocenters. The molecule has 1 heterocycles. The second-order valence-electron chi connectivity index (χ2n) is 6.05. The summed E-state index contributed by atoms with van der Waals surface area (Å²) in [5, 5.41) is 0. The highest BCUT2D eigenvalue weighted by atomic mass is 16.2. The molecule has 0 radical (unpaired) electrons. The highest BCUT2D eigenvalue weighted by Gasteiger charge is 2.41. The van der Waals surface area contributed by atoms with Gasteiger partial charge in [0.1, 0.15) is 5.78 Å². The van der Waals surface area contributed by atoms with Crippen molar-refractivity contribution < 1.29 is 9.59 Å². The third kappa shape index (κ3) is 1.97. The van der Waals surface area contributed by atoms with Gasteiger partial charge in [-0.2, -0.15) is 0 Å². The van der Waals surface area contributed by atoms with E-state index in [4.69, 9.17) is 0 Å². The normalized spacial score (nSPS) is 23.1. The Bertz CT molecular complexity index is 738. The van der Waals surface area contributed by atoms with Gasteiger partial charge in [-0.15, -0.1) is 0 Å². The van der Waals surface area contributed by atoms with Crippen molar-refractivity contribution in [3.8, 4) is 0 Å². The fourth-order valence-corrected chi connectivity index (χ4v) is 3.73. The number of ketones is 1. The van der Waals surface area contributed by atoms with Crippen LogP contribution in [0.4, 0.5) is 5.69 Å². The standard InChI is InChI=1S/C19H17NO2/c21-18-11-10-14-12-16(18)15-8-4-5-9-17(15)20(14)19(22)13-6-2-1-3-7-13/h1-9,14,16H,10-12H2/t14-,16+/m1/s1. The molecule has 2 aromatic rings. The van der Waals surface area contributed by atoms with Gasteiger partial charge in [0, 0.05) is 29.6 Å². The molecule has 0 unspecified atom stereocenters. The van der Waals surface area contributed by atoms with Crippen molar-refractivity contribution in [3.05, 3.63) is 65.7 Å². The number of rotatable bonds is 1. The van der Waals surface area contributed by atoms with Crippen molar-refractivity contribution in [1.29, 1.82) is 0 Å². The number of carbonyl (C=O) groups excluding carboxylic acids is 2. The van der Waals surface area contributed by atoms with Crippen LogP contribution in [0.1, 0.15) is 41.1 Å². The summed E-state index contributed by atoms with van der Waals surface area (Å²) in [5.41, 5.74) is 2.62. The summed E-state index contributed by atoms with van der Waals surface area (Å²) in [7, 11) is 0. The lowest BCUT2D eigenvalue weighted by Crippen LogP contribution is -2.48. The summed E-state index contributed by atoms with van der Waals surface area (Å²) in [6, 6.07) is 17.4. The monoisotopic (exact) mass is 291 g/mol. The van der Waals surface area contributed by atoms with Gasteiger partial charge in [-0.1, -0.05) is 36.4 Å². The molecule has 0 spiro atoms. The third-order valence-electron chi connectivity index (χ3n) is 4.80. The molecule has 22 heavy (non-hydrogen) atoms. The Morgan fingerprint density at radius 1 is 1.00 bits per heavy atom. The first-order chi connectivity index (χ1) is 10.8. The first-order valence-corrected chi connectivity index (χ1v) is 7.76. The van der Waals surface area contributed by atoms with Crippen LogP contribution < -0.4 is 4.90 Å². The maximum Gasteiger partial charge on any atom is 0.258 e. The molecule has 2 aliphatic rings. The maximum absolute atomic E-state index is 13.0. The number of carbonyl (C=O) groups is 2. The summed E-state index contributed by atoms with van der Waals surface area (Å²) in [6.07, 6.45) is 2.10. The van der Waals surface area contributed by atoms with Crippen LogP contribution >= 0.6 is 0 Å². The third-order valence-corrected chi connectivity index (χ3v) is 4.80. The van der Waals surface area contributed by atoms with Crippen LogP contribution in [0, 0.1) is 0 Å². The number of hydrogen-bond acceptors (Lipinski definition) is 2. The number of fused-ring (bicyclic) bond motifs is 4. The first kappa shape index (κ1) is 13.3. The van der Waals surface area contributed by atoms with Gasteiger partial charge in [-0.05, 0) is 36.6 Å². The molecule has 2 aromatic carbocycles. The van der Waals surface area contributed by atoms with Crippen LogP contribution in [0.3, 0.4) is 0 Å². The number of Topliss-reactive ketones (excluding diaryl/α,β-unsaturated/α-hetero) is 1. The quantitative estimate of drug-likeness (QED) is 0.805. The van der Waals surface area contributed by atoms with Crippen LogP contribution in [0.2, 0.25) is 0 Å². The molecule has 0 N–H and O–H groups in total. The summed E-state index contributed by atoms with van der Waals surface area (Å²) >= 11 is 0. The van der Waals surface area contributed by atoms with E-state index < -0.39 is 0 Å². The van der Waals surface area contributed by atoms with Gasteiger partial charge in [0.05, 0.1) is 0 Å². The van der Waals surface area contributed by atoms with E-state index in [-0.39, 0.29) is 17.9 Å². The Balaban J connectivity index is 1.82. The minimum atomic E-state index is -0.0326. The van der Waals surface area contributed by atoms with Crippen molar-refractivity contribution in [1.82, 2.24) is 0 Å². The van der Waals surface area contributed by atoms with Crippen LogP contribution in [-0.2, 0) is 4.79 Å². The summed E-state index contributed by atoms with van der Waals surface area (Å²) in [4.78, 5) is 27.1. The number of benzene rings is 2. The molecule has 2 bridgehead atoms. The lowest BCUT2D eigenvalue weighted by Gasteiger charge is -2.43. The molecule has 1 fully saturated rings. The average molecular weight is 291 g/mol. The van der Waals surface area contributed by atoms with E-state index in [2.05, 4.69) is 0 Å². The van der Waals surface area contributed by atoms with E-state index in [9.17, 15) is 9.59 Å². The Morgan fingerprint density at radius 2 is 1.73 bits per heavy atom. The van der Waals surface area contributed by atoms with Gasteiger partial charge in [0.25, 0.3) is 5.91 Å². The minimum absolute atomic E-state index is 0.0326. The molecule has 1 aliphatic carbocycles. The van der Waals surface area contributed by atoms with E-state index in [1.807, 2.05) is 59.5 Å². The second kappa shape index (κ2) is 5.09. The molecule has 4 rings (SSSR count). The minimum Gasteiger partial charge on any atom is -0.305 e. The number of para-hydroxylation sites is 1. The van der Waals surface area contributed by atoms with E-state index in [1.165, 1.54) is 0 Å². The second-order valence-corrected chi connectivity index (χ2v) is 6.05. The van der Waals surface area contributed by atoms with E-state index in [1.54, 1.807) is 0 Å². The molecule has 3 nitrogen and oxygen atoms in total. The molecule has 1 amide bonds. The van der Waals surface area contributed by atoms with Crippen molar-refractivity contribution in [2.75, 3.05) is 4.90 Å². The Labute approximate surface area is 129 Å². The van der Waals surface area contributed by atoms with Gasteiger partial charge in [0.15, 0.2) is 0 Å². The van der Waals surface area contributed by atoms with E-state index in [0.29, 0.717) is 17.8 Å². The summed E-state index contributed by atoms with van der Waals surface area (Å²) in [6.45, 7) is 0. The molecule has 1 aliphatic heterocycles. The molecule has 0 aromatic heterocycles. The lowest BCUT2D eigenvalue weighted by molar-refractivity contribution is -0.122. The Kier molecular flexibility index (Phi) is 3.07. The van der Waals surface area contributed by atoms with Crippen LogP contribution in [-0.4, -0.2) is 17.7 Å². The number of hydrogen-bond donors (Lipinski definition) is 0. The van der Waals surface area contributed by atoms with E-state index >= 15 is 0 Å². The molecular formula is C19H17NO2. The Hall–Kier alpha value is -2.42. The van der Waals surface area contributed by atoms with E-state index in [0.717, 1.165) is 24.1 Å². The van der Waals surface area contributed by atoms with Gasteiger partial charge in [0.2, 0.25) is 0 Å². The highest BCUT2D eigenvalue weighted by Crippen LogP contribution is 2.44. The van der Waals surface area contributed by atoms with Crippen LogP contribution in [0.15, 0.2) is 54.6 Å². The van der Waals surface area contributed by atoms with Crippen molar-refractivity contribution >= 4 is 17.4 Å². The fraction of sp³-hybridized carbons (Fsp3) is 0.263. The molecular weight excluding hydrogens is 274 g/mol. The molecule has 110 valence electrons. The van der Waals surface area contributed by atoms with Crippen molar-refractivity contribution in [3.63, 3.8) is 0 Å². The largest absolute Gasteiger partial charge is 0.305 e. The van der Waals surface area contributed by atoms with Gasteiger partial charge in [-0.3, -0.25) is 9.59 Å². The maximum atomic E-state index is 13.0. The predicted octanol–water partition coefficient (Wildman–Crippen LogP) is 3.55. The predicted molar refractivity (Wildman–Crippen MR) is 85.1 cm³/mol. The summed E-state index contributed by atoms with van der Waals surface area (Å²) in [5.74, 6) is 0.316. The Morgan fingerprint density at radius 3 is 2.55 bits per heavy atom.